The van der Waals surface area contributed by atoms with Crippen molar-refractivity contribution < 1.29 is 4.74 Å². The fourth-order valence-corrected chi connectivity index (χ4v) is 3.55. The molecule has 0 radical (unpaired) electrons. The van der Waals surface area contributed by atoms with Gasteiger partial charge < -0.3 is 10.1 Å². The lowest BCUT2D eigenvalue weighted by Gasteiger charge is -2.55. The predicted molar refractivity (Wildman–Crippen MR) is 90.0 cm³/mol. The molecule has 3 unspecified atom stereocenters. The molecule has 0 heterocycles. The van der Waals surface area contributed by atoms with E-state index in [9.17, 15) is 0 Å². The van der Waals surface area contributed by atoms with Gasteiger partial charge in [0.25, 0.3) is 0 Å². The zero-order chi connectivity index (χ0) is 15.5. The number of benzene rings is 1. The Morgan fingerprint density at radius 2 is 1.90 bits per heavy atom. The highest BCUT2D eigenvalue weighted by molar-refractivity contribution is 5.33. The highest BCUT2D eigenvalue weighted by Gasteiger charge is 2.50. The molecule has 21 heavy (non-hydrogen) atoms. The maximum atomic E-state index is 5.74. The molecule has 0 amide bonds. The maximum absolute atomic E-state index is 5.74. The fraction of sp³-hybridized carbons (Fsp3) is 0.684. The Hall–Kier alpha value is -1.02. The largest absolute Gasteiger partial charge is 0.491 e. The molecule has 2 nitrogen and oxygen atoms in total. The van der Waals surface area contributed by atoms with Crippen LogP contribution < -0.4 is 10.1 Å². The van der Waals surface area contributed by atoms with Gasteiger partial charge in [-0.2, -0.15) is 0 Å². The molecule has 118 valence electrons. The van der Waals surface area contributed by atoms with Crippen LogP contribution in [0.1, 0.15) is 65.4 Å². The average Bonchev–Trinajstić information content (AvgIpc) is 2.46. The van der Waals surface area contributed by atoms with Crippen molar-refractivity contribution in [2.75, 3.05) is 6.54 Å². The van der Waals surface area contributed by atoms with Crippen molar-refractivity contribution in [2.45, 2.75) is 71.9 Å². The lowest BCUT2D eigenvalue weighted by molar-refractivity contribution is 0.0445. The molecule has 1 fully saturated rings. The quantitative estimate of drug-likeness (QED) is 0.782. The van der Waals surface area contributed by atoms with Gasteiger partial charge >= 0.3 is 0 Å². The number of hydrogen-bond acceptors (Lipinski definition) is 2. The lowest BCUT2D eigenvalue weighted by atomic mass is 9.54. The van der Waals surface area contributed by atoms with Gasteiger partial charge in [-0.1, -0.05) is 32.9 Å². The van der Waals surface area contributed by atoms with Gasteiger partial charge in [0.2, 0.25) is 0 Å². The Kier molecular flexibility index (Phi) is 5.32. The first-order valence-electron chi connectivity index (χ1n) is 8.51. The zero-order valence-corrected chi connectivity index (χ0v) is 14.3. The molecule has 1 N–H and O–H groups in total. The molecular formula is C19H31NO. The minimum absolute atomic E-state index is 0.239. The maximum Gasteiger partial charge on any atom is 0.119 e. The van der Waals surface area contributed by atoms with E-state index in [2.05, 4.69) is 64.2 Å². The summed E-state index contributed by atoms with van der Waals surface area (Å²) in [6.07, 6.45) is 3.93. The molecule has 2 heteroatoms. The Morgan fingerprint density at radius 3 is 2.43 bits per heavy atom. The van der Waals surface area contributed by atoms with Crippen LogP contribution in [0.2, 0.25) is 0 Å². The molecule has 1 saturated carbocycles. The van der Waals surface area contributed by atoms with E-state index >= 15 is 0 Å². The molecule has 0 bridgehead atoms. The van der Waals surface area contributed by atoms with Crippen LogP contribution in [0.3, 0.4) is 0 Å². The SMILES string of the molecule is CCCNC1CC(c2ccc(OC(C)C)cc2)C1(C)CC. The van der Waals surface area contributed by atoms with Crippen LogP contribution in [0.5, 0.6) is 5.75 Å². The first-order valence-corrected chi connectivity index (χ1v) is 8.51. The van der Waals surface area contributed by atoms with Gasteiger partial charge in [-0.05, 0) is 68.7 Å². The smallest absolute Gasteiger partial charge is 0.119 e. The first kappa shape index (κ1) is 16.4. The van der Waals surface area contributed by atoms with Gasteiger partial charge in [-0.25, -0.2) is 0 Å². The molecule has 1 aromatic carbocycles. The lowest BCUT2D eigenvalue weighted by Crippen LogP contribution is -2.56. The molecule has 1 aromatic rings. The minimum atomic E-state index is 0.239. The van der Waals surface area contributed by atoms with E-state index in [0.29, 0.717) is 17.4 Å². The average molecular weight is 289 g/mol. The summed E-state index contributed by atoms with van der Waals surface area (Å²) in [5.41, 5.74) is 1.85. The van der Waals surface area contributed by atoms with Crippen molar-refractivity contribution in [3.8, 4) is 5.75 Å². The van der Waals surface area contributed by atoms with Gasteiger partial charge in [0.05, 0.1) is 6.10 Å². The van der Waals surface area contributed by atoms with Crippen molar-refractivity contribution in [3.63, 3.8) is 0 Å². The summed E-state index contributed by atoms with van der Waals surface area (Å²) >= 11 is 0. The molecule has 1 aliphatic carbocycles. The summed E-state index contributed by atoms with van der Waals surface area (Å²) < 4.78 is 5.74. The van der Waals surface area contributed by atoms with E-state index in [-0.39, 0.29) is 6.10 Å². The van der Waals surface area contributed by atoms with Crippen molar-refractivity contribution in [1.29, 1.82) is 0 Å². The third kappa shape index (κ3) is 3.42. The highest BCUT2D eigenvalue weighted by atomic mass is 16.5. The van der Waals surface area contributed by atoms with Crippen molar-refractivity contribution >= 4 is 0 Å². The molecule has 3 atom stereocenters. The van der Waals surface area contributed by atoms with Gasteiger partial charge in [0.15, 0.2) is 0 Å². The van der Waals surface area contributed by atoms with Gasteiger partial charge in [-0.3, -0.25) is 0 Å². The topological polar surface area (TPSA) is 21.3 Å². The molecule has 0 aromatic heterocycles. The Labute approximate surface area is 130 Å². The number of nitrogens with one attached hydrogen (secondary N) is 1. The molecule has 0 spiro atoms. The minimum Gasteiger partial charge on any atom is -0.491 e. The van der Waals surface area contributed by atoms with Crippen molar-refractivity contribution in [3.05, 3.63) is 29.8 Å². The van der Waals surface area contributed by atoms with E-state index in [4.69, 9.17) is 4.74 Å². The molecule has 2 rings (SSSR count). The number of ether oxygens (including phenoxy) is 1. The molecular weight excluding hydrogens is 258 g/mol. The van der Waals surface area contributed by atoms with Crippen LogP contribution in [0.25, 0.3) is 0 Å². The second-order valence-electron chi connectivity index (χ2n) is 6.89. The van der Waals surface area contributed by atoms with Crippen LogP contribution in [0, 0.1) is 5.41 Å². The Morgan fingerprint density at radius 1 is 1.24 bits per heavy atom. The summed E-state index contributed by atoms with van der Waals surface area (Å²) in [5.74, 6) is 1.65. The second-order valence-corrected chi connectivity index (χ2v) is 6.89. The van der Waals surface area contributed by atoms with Gasteiger partial charge in [0, 0.05) is 6.04 Å². The van der Waals surface area contributed by atoms with Crippen LogP contribution in [0.4, 0.5) is 0 Å². The monoisotopic (exact) mass is 289 g/mol. The van der Waals surface area contributed by atoms with Crippen LogP contribution >= 0.6 is 0 Å². The Balaban J connectivity index is 2.05. The normalized spacial score (nSPS) is 28.5. The van der Waals surface area contributed by atoms with Crippen molar-refractivity contribution in [1.82, 2.24) is 5.32 Å². The standard InChI is InChI=1S/C19H31NO/c1-6-12-20-18-13-17(19(18,5)7-2)15-8-10-16(11-9-15)21-14(3)4/h8-11,14,17-18,20H,6-7,12-13H2,1-5H3. The summed E-state index contributed by atoms with van der Waals surface area (Å²) in [4.78, 5) is 0. The first-order chi connectivity index (χ1) is 10.0. The molecule has 0 saturated heterocycles. The van der Waals surface area contributed by atoms with Crippen LogP contribution in [0.15, 0.2) is 24.3 Å². The molecule has 1 aliphatic rings. The van der Waals surface area contributed by atoms with Gasteiger partial charge in [0.1, 0.15) is 5.75 Å². The van der Waals surface area contributed by atoms with E-state index in [1.54, 1.807) is 0 Å². The van der Waals surface area contributed by atoms with Gasteiger partial charge in [-0.15, -0.1) is 0 Å². The highest BCUT2D eigenvalue weighted by Crippen LogP contribution is 2.54. The number of hydrogen-bond donors (Lipinski definition) is 1. The van der Waals surface area contributed by atoms with E-state index in [1.807, 2.05) is 0 Å². The fourth-order valence-electron chi connectivity index (χ4n) is 3.55. The summed E-state index contributed by atoms with van der Waals surface area (Å²) in [6.45, 7) is 12.3. The summed E-state index contributed by atoms with van der Waals surface area (Å²) in [5, 5.41) is 3.72. The third-order valence-electron chi connectivity index (χ3n) is 5.12. The second kappa shape index (κ2) is 6.83. The van der Waals surface area contributed by atoms with Crippen LogP contribution in [-0.2, 0) is 0 Å². The van der Waals surface area contributed by atoms with Crippen molar-refractivity contribution in [2.24, 2.45) is 5.41 Å². The number of rotatable bonds is 7. The summed E-state index contributed by atoms with van der Waals surface area (Å²) in [6, 6.07) is 9.42. The summed E-state index contributed by atoms with van der Waals surface area (Å²) in [7, 11) is 0. The van der Waals surface area contributed by atoms with E-state index < -0.39 is 0 Å². The zero-order valence-electron chi connectivity index (χ0n) is 14.3. The molecule has 0 aliphatic heterocycles. The van der Waals surface area contributed by atoms with E-state index in [1.165, 1.54) is 24.8 Å². The van der Waals surface area contributed by atoms with E-state index in [0.717, 1.165) is 12.3 Å². The third-order valence-corrected chi connectivity index (χ3v) is 5.12. The Bertz CT molecular complexity index is 439. The predicted octanol–water partition coefficient (Wildman–Crippen LogP) is 4.75. The van der Waals surface area contributed by atoms with Crippen LogP contribution in [-0.4, -0.2) is 18.7 Å².